The Labute approximate surface area is 179 Å². The van der Waals surface area contributed by atoms with Crippen molar-refractivity contribution in [2.24, 2.45) is 0 Å². The van der Waals surface area contributed by atoms with Gasteiger partial charge in [-0.3, -0.25) is 4.79 Å². The topological polar surface area (TPSA) is 81.7 Å². The van der Waals surface area contributed by atoms with E-state index in [9.17, 15) is 13.2 Å². The fourth-order valence-electron chi connectivity index (χ4n) is 3.21. The van der Waals surface area contributed by atoms with Crippen molar-refractivity contribution in [2.75, 3.05) is 19.0 Å². The summed E-state index contributed by atoms with van der Waals surface area (Å²) in [6.07, 6.45) is -0.133. The molecule has 0 bridgehead atoms. The van der Waals surface area contributed by atoms with Gasteiger partial charge >= 0.3 is 0 Å². The Kier molecular flexibility index (Phi) is 6.06. The van der Waals surface area contributed by atoms with Crippen LogP contribution in [-0.2, 0) is 14.6 Å². The first kappa shape index (κ1) is 20.4. The summed E-state index contributed by atoms with van der Waals surface area (Å²) in [5, 5.41) is 4.92. The molecule has 0 saturated heterocycles. The third-order valence-corrected chi connectivity index (χ3v) is 7.39. The molecule has 156 valence electrons. The number of nitrogens with one attached hydrogen (secondary N) is 1. The van der Waals surface area contributed by atoms with Crippen molar-refractivity contribution in [1.29, 1.82) is 0 Å². The van der Waals surface area contributed by atoms with E-state index >= 15 is 0 Å². The zero-order chi connectivity index (χ0) is 21.0. The van der Waals surface area contributed by atoms with E-state index in [4.69, 9.17) is 9.47 Å². The summed E-state index contributed by atoms with van der Waals surface area (Å²) in [5.74, 6) is 0.330. The van der Waals surface area contributed by atoms with Gasteiger partial charge in [-0.05, 0) is 29.1 Å². The van der Waals surface area contributed by atoms with Crippen LogP contribution < -0.4 is 14.8 Å². The molecule has 0 saturated carbocycles. The molecule has 30 heavy (non-hydrogen) atoms. The van der Waals surface area contributed by atoms with Crippen LogP contribution in [0.5, 0.6) is 11.5 Å². The number of amides is 1. The molecule has 1 amide bonds. The van der Waals surface area contributed by atoms with Crippen LogP contribution in [0.2, 0.25) is 0 Å². The number of ether oxygens (including phenoxy) is 2. The molecule has 1 atom stereocenters. The highest BCUT2D eigenvalue weighted by atomic mass is 32.2. The first-order chi connectivity index (χ1) is 14.5. The third kappa shape index (κ3) is 4.66. The normalized spacial score (nSPS) is 14.1. The Morgan fingerprint density at radius 3 is 2.50 bits per heavy atom. The Morgan fingerprint density at radius 2 is 1.77 bits per heavy atom. The number of fused-ring (bicyclic) bond motifs is 1. The maximum absolute atomic E-state index is 12.7. The van der Waals surface area contributed by atoms with Crippen LogP contribution in [-0.4, -0.2) is 33.3 Å². The number of carbonyl (C=O) groups is 1. The standard InChI is InChI=1S/C22H21NO5S2/c24-21(23-22(20-7-4-13-29-20)16-5-2-1-3-6-16)10-14-30(25,26)17-8-9-18-19(15-17)28-12-11-27-18/h1-9,13,15,22H,10-12,14H2,(H,23,24)/t22-/m0/s1. The Hall–Kier alpha value is -2.84. The van der Waals surface area contributed by atoms with E-state index in [-0.39, 0.29) is 29.0 Å². The summed E-state index contributed by atoms with van der Waals surface area (Å²) in [6.45, 7) is 0.814. The van der Waals surface area contributed by atoms with Gasteiger partial charge in [-0.25, -0.2) is 8.42 Å². The maximum Gasteiger partial charge on any atom is 0.221 e. The van der Waals surface area contributed by atoms with Gasteiger partial charge in [0.25, 0.3) is 0 Å². The minimum atomic E-state index is -3.64. The molecule has 1 N–H and O–H groups in total. The maximum atomic E-state index is 12.7. The molecule has 1 aliphatic rings. The average Bonchev–Trinajstić information content (AvgIpc) is 3.31. The zero-order valence-corrected chi connectivity index (χ0v) is 17.7. The largest absolute Gasteiger partial charge is 0.486 e. The fourth-order valence-corrected chi connectivity index (χ4v) is 5.27. The Balaban J connectivity index is 1.44. The number of benzene rings is 2. The van der Waals surface area contributed by atoms with Crippen molar-refractivity contribution in [3.63, 3.8) is 0 Å². The lowest BCUT2D eigenvalue weighted by molar-refractivity contribution is -0.121. The van der Waals surface area contributed by atoms with Gasteiger partial charge in [0, 0.05) is 17.4 Å². The Morgan fingerprint density at radius 1 is 1.00 bits per heavy atom. The second-order valence-electron chi connectivity index (χ2n) is 6.80. The third-order valence-electron chi connectivity index (χ3n) is 4.74. The van der Waals surface area contributed by atoms with Gasteiger partial charge < -0.3 is 14.8 Å². The summed E-state index contributed by atoms with van der Waals surface area (Å²) < 4.78 is 36.4. The second-order valence-corrected chi connectivity index (χ2v) is 9.89. The van der Waals surface area contributed by atoms with Crippen molar-refractivity contribution in [3.8, 4) is 11.5 Å². The van der Waals surface area contributed by atoms with E-state index in [1.54, 1.807) is 17.4 Å². The minimum absolute atomic E-state index is 0.123. The molecule has 0 radical (unpaired) electrons. The van der Waals surface area contributed by atoms with E-state index in [0.29, 0.717) is 24.7 Å². The van der Waals surface area contributed by atoms with Crippen molar-refractivity contribution in [3.05, 3.63) is 76.5 Å². The van der Waals surface area contributed by atoms with Gasteiger partial charge in [0.2, 0.25) is 5.91 Å². The molecular formula is C22H21NO5S2. The molecule has 4 rings (SSSR count). The second kappa shape index (κ2) is 8.89. The molecule has 3 aromatic rings. The molecular weight excluding hydrogens is 422 g/mol. The summed E-state index contributed by atoms with van der Waals surface area (Å²) >= 11 is 1.54. The molecule has 6 nitrogen and oxygen atoms in total. The number of thiophene rings is 1. The van der Waals surface area contributed by atoms with Gasteiger partial charge in [-0.15, -0.1) is 11.3 Å². The molecule has 1 aliphatic heterocycles. The Bertz CT molecular complexity index is 1110. The predicted molar refractivity (Wildman–Crippen MR) is 115 cm³/mol. The molecule has 0 unspecified atom stereocenters. The van der Waals surface area contributed by atoms with E-state index in [1.165, 1.54) is 12.1 Å². The van der Waals surface area contributed by atoms with Crippen LogP contribution in [0.4, 0.5) is 0 Å². The molecule has 8 heteroatoms. The highest BCUT2D eigenvalue weighted by Crippen LogP contribution is 2.32. The minimum Gasteiger partial charge on any atom is -0.486 e. The predicted octanol–water partition coefficient (Wildman–Crippen LogP) is 3.59. The smallest absolute Gasteiger partial charge is 0.221 e. The van der Waals surface area contributed by atoms with Gasteiger partial charge in [0.1, 0.15) is 13.2 Å². The quantitative estimate of drug-likeness (QED) is 0.604. The lowest BCUT2D eigenvalue weighted by Gasteiger charge is -2.19. The summed E-state index contributed by atoms with van der Waals surface area (Å²) in [5.41, 5.74) is 0.947. The summed E-state index contributed by atoms with van der Waals surface area (Å²) in [4.78, 5) is 13.7. The van der Waals surface area contributed by atoms with Gasteiger partial charge in [-0.2, -0.15) is 0 Å². The van der Waals surface area contributed by atoms with E-state index < -0.39 is 9.84 Å². The number of sulfone groups is 1. The van der Waals surface area contributed by atoms with Crippen molar-refractivity contribution < 1.29 is 22.7 Å². The number of carbonyl (C=O) groups excluding carboxylic acids is 1. The van der Waals surface area contributed by atoms with E-state index in [0.717, 1.165) is 10.4 Å². The van der Waals surface area contributed by atoms with Crippen molar-refractivity contribution in [1.82, 2.24) is 5.32 Å². The van der Waals surface area contributed by atoms with E-state index in [2.05, 4.69) is 5.32 Å². The average molecular weight is 444 g/mol. The monoisotopic (exact) mass is 443 g/mol. The van der Waals surface area contributed by atoms with Gasteiger partial charge in [0.05, 0.1) is 16.7 Å². The molecule has 1 aromatic heterocycles. The number of rotatable bonds is 7. The molecule has 2 heterocycles. The van der Waals surface area contributed by atoms with Crippen LogP contribution in [0.3, 0.4) is 0 Å². The first-order valence-corrected chi connectivity index (χ1v) is 12.1. The van der Waals surface area contributed by atoms with Gasteiger partial charge in [0.15, 0.2) is 21.3 Å². The van der Waals surface area contributed by atoms with Crippen LogP contribution in [0.25, 0.3) is 0 Å². The summed E-state index contributed by atoms with van der Waals surface area (Å²) in [6, 6.07) is 17.7. The summed E-state index contributed by atoms with van der Waals surface area (Å²) in [7, 11) is -3.64. The van der Waals surface area contributed by atoms with E-state index in [1.807, 2.05) is 47.8 Å². The fraction of sp³-hybridized carbons (Fsp3) is 0.227. The lowest BCUT2D eigenvalue weighted by Crippen LogP contribution is -2.30. The first-order valence-electron chi connectivity index (χ1n) is 9.53. The highest BCUT2D eigenvalue weighted by Gasteiger charge is 2.22. The van der Waals surface area contributed by atoms with Crippen LogP contribution in [0, 0.1) is 0 Å². The SMILES string of the molecule is O=C(CCS(=O)(=O)c1ccc2c(c1)OCCO2)N[C@@H](c1ccccc1)c1cccs1. The van der Waals surface area contributed by atoms with Crippen LogP contribution in [0.15, 0.2) is 70.9 Å². The number of hydrogen-bond acceptors (Lipinski definition) is 6. The van der Waals surface area contributed by atoms with Crippen molar-refractivity contribution >= 4 is 27.1 Å². The zero-order valence-electron chi connectivity index (χ0n) is 16.1. The lowest BCUT2D eigenvalue weighted by atomic mass is 10.1. The number of hydrogen-bond donors (Lipinski definition) is 1. The molecule has 0 spiro atoms. The molecule has 2 aromatic carbocycles. The molecule has 0 fully saturated rings. The molecule has 0 aliphatic carbocycles. The van der Waals surface area contributed by atoms with Crippen LogP contribution in [0.1, 0.15) is 22.9 Å². The van der Waals surface area contributed by atoms with Crippen LogP contribution >= 0.6 is 11.3 Å². The van der Waals surface area contributed by atoms with Crippen molar-refractivity contribution in [2.45, 2.75) is 17.4 Å². The highest BCUT2D eigenvalue weighted by molar-refractivity contribution is 7.91. The van der Waals surface area contributed by atoms with Gasteiger partial charge in [-0.1, -0.05) is 36.4 Å².